The van der Waals surface area contributed by atoms with E-state index >= 15 is 0 Å². The number of nitrogens with zero attached hydrogens (tertiary/aromatic N) is 1. The molecule has 5 rings (SSSR count). The molecule has 0 radical (unpaired) electrons. The van der Waals surface area contributed by atoms with Crippen LogP contribution in [0.3, 0.4) is 0 Å². The van der Waals surface area contributed by atoms with Gasteiger partial charge in [-0.05, 0) is 62.0 Å². The first kappa shape index (κ1) is 16.9. The van der Waals surface area contributed by atoms with Crippen LogP contribution in [-0.2, 0) is 0 Å². The molecule has 3 fully saturated rings. The molecule has 2 heterocycles. The van der Waals surface area contributed by atoms with Crippen molar-refractivity contribution in [1.82, 2.24) is 14.8 Å². The van der Waals surface area contributed by atoms with Crippen LogP contribution < -0.4 is 5.56 Å². The zero-order valence-electron chi connectivity index (χ0n) is 15.6. The summed E-state index contributed by atoms with van der Waals surface area (Å²) in [5.74, 6) is 1.33. The van der Waals surface area contributed by atoms with Crippen LogP contribution in [0.2, 0.25) is 0 Å². The van der Waals surface area contributed by atoms with Gasteiger partial charge in [0.2, 0.25) is 0 Å². The summed E-state index contributed by atoms with van der Waals surface area (Å²) in [6.45, 7) is 7.79. The van der Waals surface area contributed by atoms with Gasteiger partial charge in [0.15, 0.2) is 0 Å². The third-order valence-corrected chi connectivity index (χ3v) is 7.40. The molecule has 3 N–H and O–H groups in total. The van der Waals surface area contributed by atoms with Crippen molar-refractivity contribution < 1.29 is 5.11 Å². The van der Waals surface area contributed by atoms with Crippen molar-refractivity contribution >= 4 is 12.2 Å². The molecule has 0 aromatic carbocycles. The second kappa shape index (κ2) is 5.86. The van der Waals surface area contributed by atoms with Gasteiger partial charge in [-0.15, -0.1) is 0 Å². The largest absolute Gasteiger partial charge is 0.390 e. The maximum absolute atomic E-state index is 12.7. The lowest BCUT2D eigenvalue weighted by Crippen LogP contribution is -2.33. The summed E-state index contributed by atoms with van der Waals surface area (Å²) in [5.41, 5.74) is 2.81. The average Bonchev–Trinajstić information content (AvgIpc) is 3.27. The SMILES string of the molecule is C=Cc1[nH]ccc1-c1c(C=C)c(=O)[nH]n1C1C2CCC[C@@]3(O)CC1CC3C2. The number of nitrogens with one attached hydrogen (secondary N) is 2. The van der Waals surface area contributed by atoms with E-state index in [2.05, 4.69) is 27.9 Å². The monoisotopic (exact) mass is 365 g/mol. The maximum Gasteiger partial charge on any atom is 0.271 e. The van der Waals surface area contributed by atoms with Crippen LogP contribution in [0.1, 0.15) is 55.8 Å². The van der Waals surface area contributed by atoms with E-state index in [1.165, 1.54) is 0 Å². The lowest BCUT2D eigenvalue weighted by atomic mass is 9.75. The van der Waals surface area contributed by atoms with Crippen molar-refractivity contribution in [3.8, 4) is 11.3 Å². The molecule has 3 aliphatic carbocycles. The molecule has 5 atom stereocenters. The Bertz CT molecular complexity index is 963. The van der Waals surface area contributed by atoms with Gasteiger partial charge >= 0.3 is 0 Å². The molecule has 0 aliphatic heterocycles. The molecule has 142 valence electrons. The van der Waals surface area contributed by atoms with E-state index < -0.39 is 5.60 Å². The summed E-state index contributed by atoms with van der Waals surface area (Å²) in [4.78, 5) is 15.9. The topological polar surface area (TPSA) is 73.8 Å². The Morgan fingerprint density at radius 3 is 2.85 bits per heavy atom. The van der Waals surface area contributed by atoms with Crippen LogP contribution in [-0.4, -0.2) is 25.5 Å². The predicted molar refractivity (Wildman–Crippen MR) is 107 cm³/mol. The van der Waals surface area contributed by atoms with E-state index in [0.29, 0.717) is 23.3 Å². The first-order valence-electron chi connectivity index (χ1n) is 10.0. The number of H-pyrrole nitrogens is 2. The molecule has 0 amide bonds. The fraction of sp³-hybridized carbons (Fsp3) is 0.500. The summed E-state index contributed by atoms with van der Waals surface area (Å²) >= 11 is 0. The number of fused-ring (bicyclic) bond motifs is 2. The fourth-order valence-corrected chi connectivity index (χ4v) is 6.35. The zero-order chi connectivity index (χ0) is 18.8. The molecule has 3 aliphatic rings. The van der Waals surface area contributed by atoms with Gasteiger partial charge in [0.05, 0.1) is 22.9 Å². The average molecular weight is 365 g/mol. The van der Waals surface area contributed by atoms with E-state index in [1.807, 2.05) is 12.3 Å². The molecule has 4 unspecified atom stereocenters. The van der Waals surface area contributed by atoms with E-state index in [0.717, 1.165) is 55.5 Å². The van der Waals surface area contributed by atoms with Gasteiger partial charge in [-0.2, -0.15) is 0 Å². The van der Waals surface area contributed by atoms with Gasteiger partial charge in [-0.25, -0.2) is 0 Å². The van der Waals surface area contributed by atoms with Gasteiger partial charge in [-0.3, -0.25) is 14.6 Å². The molecule has 2 aromatic heterocycles. The number of hydrogen-bond donors (Lipinski definition) is 3. The Morgan fingerprint density at radius 1 is 1.26 bits per heavy atom. The molecule has 3 saturated carbocycles. The van der Waals surface area contributed by atoms with Crippen LogP contribution >= 0.6 is 0 Å². The third-order valence-electron chi connectivity index (χ3n) is 7.40. The van der Waals surface area contributed by atoms with Crippen molar-refractivity contribution in [3.05, 3.63) is 47.0 Å². The lowest BCUT2D eigenvalue weighted by Gasteiger charge is -2.37. The quantitative estimate of drug-likeness (QED) is 0.767. The second-order valence-electron chi connectivity index (χ2n) is 8.67. The van der Waals surface area contributed by atoms with E-state index in [-0.39, 0.29) is 11.6 Å². The van der Waals surface area contributed by atoms with Crippen molar-refractivity contribution in [3.63, 3.8) is 0 Å². The molecule has 0 spiro atoms. The summed E-state index contributed by atoms with van der Waals surface area (Å²) in [6, 6.07) is 2.22. The van der Waals surface area contributed by atoms with Gasteiger partial charge < -0.3 is 10.1 Å². The molecular weight excluding hydrogens is 338 g/mol. The number of aliphatic hydroxyl groups is 1. The van der Waals surface area contributed by atoms with Crippen LogP contribution in [0.25, 0.3) is 23.4 Å². The Hall–Kier alpha value is -2.27. The number of rotatable bonds is 4. The van der Waals surface area contributed by atoms with E-state index in [9.17, 15) is 9.90 Å². The lowest BCUT2D eigenvalue weighted by molar-refractivity contribution is -0.00376. The van der Waals surface area contributed by atoms with Gasteiger partial charge in [0.1, 0.15) is 0 Å². The highest BCUT2D eigenvalue weighted by Gasteiger charge is 2.56. The smallest absolute Gasteiger partial charge is 0.271 e. The molecule has 3 bridgehead atoms. The number of aromatic nitrogens is 3. The highest BCUT2D eigenvalue weighted by Crippen LogP contribution is 2.59. The Balaban J connectivity index is 1.69. The maximum atomic E-state index is 12.7. The Labute approximate surface area is 158 Å². The second-order valence-corrected chi connectivity index (χ2v) is 8.67. The van der Waals surface area contributed by atoms with Gasteiger partial charge in [0, 0.05) is 17.5 Å². The minimum absolute atomic E-state index is 0.0950. The predicted octanol–water partition coefficient (Wildman–Crippen LogP) is 3.96. The zero-order valence-corrected chi connectivity index (χ0v) is 15.6. The minimum atomic E-state index is -0.497. The molecule has 27 heavy (non-hydrogen) atoms. The molecule has 5 nitrogen and oxygen atoms in total. The van der Waals surface area contributed by atoms with Crippen LogP contribution in [0.15, 0.2) is 30.2 Å². The first-order valence-corrected chi connectivity index (χ1v) is 10.0. The van der Waals surface area contributed by atoms with Gasteiger partial charge in [0.25, 0.3) is 5.56 Å². The van der Waals surface area contributed by atoms with Crippen molar-refractivity contribution in [2.45, 2.75) is 50.2 Å². The van der Waals surface area contributed by atoms with Crippen LogP contribution in [0.5, 0.6) is 0 Å². The standard InChI is InChI=1S/C22H27N3O2/c1-3-16-20(17-7-9-23-18(17)4-2)25(24-21(16)26)19-13-6-5-8-22(27)12-14(19)11-15(22)10-13/h3-4,7,9,13-15,19,23,27H,1-2,5-6,8,10-12H2,(H,24,26)/t13?,14?,15?,19?,22-/m1/s1. The summed E-state index contributed by atoms with van der Waals surface area (Å²) in [6.07, 6.45) is 11.4. The van der Waals surface area contributed by atoms with Crippen molar-refractivity contribution in [2.24, 2.45) is 17.8 Å². The van der Waals surface area contributed by atoms with E-state index in [1.54, 1.807) is 12.2 Å². The summed E-state index contributed by atoms with van der Waals surface area (Å²) < 4.78 is 2.11. The normalized spacial score (nSPS) is 34.6. The highest BCUT2D eigenvalue weighted by atomic mass is 16.3. The van der Waals surface area contributed by atoms with Crippen LogP contribution in [0, 0.1) is 17.8 Å². The van der Waals surface area contributed by atoms with Crippen LogP contribution in [0.4, 0.5) is 0 Å². The summed E-state index contributed by atoms with van der Waals surface area (Å²) in [5, 5.41) is 14.3. The third kappa shape index (κ3) is 2.30. The molecule has 0 saturated heterocycles. The first-order chi connectivity index (χ1) is 13.1. The summed E-state index contributed by atoms with van der Waals surface area (Å²) in [7, 11) is 0. The molecular formula is C22H27N3O2. The molecule has 2 aromatic rings. The fourth-order valence-electron chi connectivity index (χ4n) is 6.35. The van der Waals surface area contributed by atoms with E-state index in [4.69, 9.17) is 0 Å². The Kier molecular flexibility index (Phi) is 3.66. The number of hydrogen-bond acceptors (Lipinski definition) is 2. The Morgan fingerprint density at radius 2 is 2.07 bits per heavy atom. The van der Waals surface area contributed by atoms with Crippen molar-refractivity contribution in [2.75, 3.05) is 0 Å². The molecule has 5 heteroatoms. The minimum Gasteiger partial charge on any atom is -0.390 e. The number of aromatic amines is 2. The van der Waals surface area contributed by atoms with Crippen molar-refractivity contribution in [1.29, 1.82) is 0 Å². The van der Waals surface area contributed by atoms with Gasteiger partial charge in [-0.1, -0.05) is 25.7 Å². The highest BCUT2D eigenvalue weighted by molar-refractivity contribution is 5.77.